The van der Waals surface area contributed by atoms with E-state index in [1.54, 1.807) is 12.5 Å². The summed E-state index contributed by atoms with van der Waals surface area (Å²) in [6, 6.07) is 26.1. The molecule has 0 saturated carbocycles. The highest BCUT2D eigenvalue weighted by Crippen LogP contribution is 2.28. The van der Waals surface area contributed by atoms with Crippen LogP contribution in [-0.2, 0) is 29.2 Å². The number of ether oxygens (including phenoxy) is 1. The van der Waals surface area contributed by atoms with Gasteiger partial charge in [0.2, 0.25) is 5.91 Å². The lowest BCUT2D eigenvalue weighted by Gasteiger charge is -2.32. The number of imidazole rings is 1. The first-order valence-electron chi connectivity index (χ1n) is 15.6. The normalized spacial score (nSPS) is 14.8. The lowest BCUT2D eigenvalue weighted by Crippen LogP contribution is -2.40. The molecule has 1 aromatic heterocycles. The summed E-state index contributed by atoms with van der Waals surface area (Å²) in [7, 11) is 0. The number of rotatable bonds is 9. The van der Waals surface area contributed by atoms with Gasteiger partial charge in [0.05, 0.1) is 12.0 Å². The zero-order valence-corrected chi connectivity index (χ0v) is 25.7. The Morgan fingerprint density at radius 2 is 1.59 bits per heavy atom. The topological polar surface area (TPSA) is 70.9 Å². The molecule has 230 valence electrons. The molecule has 8 nitrogen and oxygen atoms in total. The smallest absolute Gasteiger partial charge is 0.264 e. The molecule has 0 bridgehead atoms. The predicted molar refractivity (Wildman–Crippen MR) is 173 cm³/mol. The highest BCUT2D eigenvalue weighted by atomic mass is 16.5. The summed E-state index contributed by atoms with van der Waals surface area (Å²) in [6.07, 6.45) is 8.39. The second-order valence-corrected chi connectivity index (χ2v) is 11.4. The molecule has 0 radical (unpaired) electrons. The number of carbonyl (C=O) groups is 2. The number of aromatic nitrogens is 2. The van der Waals surface area contributed by atoms with E-state index in [1.165, 1.54) is 5.56 Å². The Labute approximate surface area is 260 Å². The quantitative estimate of drug-likeness (QED) is 0.249. The predicted octanol–water partition coefficient (Wildman–Crippen LogP) is 5.71. The Morgan fingerprint density at radius 3 is 2.34 bits per heavy atom. The third-order valence-corrected chi connectivity index (χ3v) is 8.09. The van der Waals surface area contributed by atoms with E-state index < -0.39 is 0 Å². The summed E-state index contributed by atoms with van der Waals surface area (Å²) < 4.78 is 7.92. The zero-order chi connectivity index (χ0) is 30.6. The molecule has 0 fully saturated rings. The van der Waals surface area contributed by atoms with Crippen LogP contribution in [0.1, 0.15) is 42.4 Å². The van der Waals surface area contributed by atoms with E-state index in [0.717, 1.165) is 62.3 Å². The third kappa shape index (κ3) is 8.80. The molecule has 0 atom stereocenters. The average molecular weight is 594 g/mol. The number of amides is 2. The first-order chi connectivity index (χ1) is 21.6. The largest absolute Gasteiger partial charge is 0.484 e. The van der Waals surface area contributed by atoms with Crippen LogP contribution in [0.5, 0.6) is 5.75 Å². The maximum atomic E-state index is 13.8. The number of benzene rings is 3. The van der Waals surface area contributed by atoms with Crippen LogP contribution in [0.15, 0.2) is 97.6 Å². The van der Waals surface area contributed by atoms with E-state index in [-0.39, 0.29) is 18.4 Å². The van der Waals surface area contributed by atoms with Gasteiger partial charge in [-0.3, -0.25) is 14.5 Å². The summed E-state index contributed by atoms with van der Waals surface area (Å²) in [5.41, 5.74) is 4.15. The van der Waals surface area contributed by atoms with Crippen molar-refractivity contribution < 1.29 is 14.3 Å². The van der Waals surface area contributed by atoms with E-state index in [0.29, 0.717) is 31.8 Å². The molecule has 4 aromatic rings. The molecule has 8 heteroatoms. The second-order valence-electron chi connectivity index (χ2n) is 11.4. The standard InChI is InChI=1S/C36H43N5O3/c1-30-12-8-15-32-27-40(34(42)18-9-20-39-25-19-37-29-39)23-10-21-38(26-31-13-4-2-5-14-31)22-11-24-41(36(30)32)35(43)28-44-33-16-6-3-7-17-33/h2-8,12-17,19,25,29H,9-11,18,20-24,26-28H2,1H3. The van der Waals surface area contributed by atoms with Gasteiger partial charge in [-0.25, -0.2) is 4.98 Å². The molecule has 3 aromatic carbocycles. The molecular formula is C36H43N5O3. The highest BCUT2D eigenvalue weighted by Gasteiger charge is 2.25. The van der Waals surface area contributed by atoms with Crippen molar-refractivity contribution in [3.63, 3.8) is 0 Å². The van der Waals surface area contributed by atoms with Gasteiger partial charge in [-0.2, -0.15) is 0 Å². The van der Waals surface area contributed by atoms with Crippen molar-refractivity contribution in [2.45, 2.75) is 52.2 Å². The Balaban J connectivity index is 1.39. The van der Waals surface area contributed by atoms with Gasteiger partial charge in [-0.15, -0.1) is 0 Å². The number of hydrogen-bond donors (Lipinski definition) is 0. The van der Waals surface area contributed by atoms with Crippen LogP contribution in [0, 0.1) is 6.92 Å². The minimum Gasteiger partial charge on any atom is -0.484 e. The van der Waals surface area contributed by atoms with Gasteiger partial charge in [0, 0.05) is 64.6 Å². The monoisotopic (exact) mass is 593 g/mol. The van der Waals surface area contributed by atoms with Crippen molar-refractivity contribution in [3.8, 4) is 5.75 Å². The maximum Gasteiger partial charge on any atom is 0.264 e. The Hall–Kier alpha value is -4.43. The summed E-state index contributed by atoms with van der Waals surface area (Å²) in [4.78, 5) is 37.9. The SMILES string of the molecule is Cc1cccc2c1N(C(=O)COc1ccccc1)CCCN(Cc1ccccc1)CCCN(C(=O)CCCn1ccnc1)C2. The van der Waals surface area contributed by atoms with E-state index >= 15 is 0 Å². The fourth-order valence-corrected chi connectivity index (χ4v) is 5.87. The summed E-state index contributed by atoms with van der Waals surface area (Å²) in [5, 5.41) is 0. The van der Waals surface area contributed by atoms with Crippen molar-refractivity contribution in [1.82, 2.24) is 19.4 Å². The van der Waals surface area contributed by atoms with Gasteiger partial charge in [0.15, 0.2) is 6.61 Å². The van der Waals surface area contributed by atoms with Gasteiger partial charge < -0.3 is 19.1 Å². The third-order valence-electron chi connectivity index (χ3n) is 8.09. The number of nitrogens with zero attached hydrogens (tertiary/aromatic N) is 5. The number of para-hydroxylation sites is 2. The minimum atomic E-state index is -0.0886. The van der Waals surface area contributed by atoms with Crippen molar-refractivity contribution in [2.75, 3.05) is 37.7 Å². The molecule has 44 heavy (non-hydrogen) atoms. The maximum absolute atomic E-state index is 13.8. The second kappa shape index (κ2) is 15.9. The van der Waals surface area contributed by atoms with E-state index in [9.17, 15) is 9.59 Å². The van der Waals surface area contributed by atoms with Gasteiger partial charge in [0.1, 0.15) is 5.75 Å². The molecule has 1 aliphatic rings. The number of aryl methyl sites for hydroxylation is 2. The van der Waals surface area contributed by atoms with Crippen molar-refractivity contribution in [1.29, 1.82) is 0 Å². The minimum absolute atomic E-state index is 0.0532. The molecule has 2 heterocycles. The van der Waals surface area contributed by atoms with E-state index in [4.69, 9.17) is 4.74 Å². The van der Waals surface area contributed by atoms with Gasteiger partial charge >= 0.3 is 0 Å². The van der Waals surface area contributed by atoms with Crippen LogP contribution >= 0.6 is 0 Å². The molecule has 2 amide bonds. The fourth-order valence-electron chi connectivity index (χ4n) is 5.87. The Kier molecular flexibility index (Phi) is 11.2. The highest BCUT2D eigenvalue weighted by molar-refractivity contribution is 5.96. The summed E-state index contributed by atoms with van der Waals surface area (Å²) in [5.74, 6) is 0.713. The lowest BCUT2D eigenvalue weighted by molar-refractivity contribution is -0.132. The first kappa shape index (κ1) is 31.0. The molecule has 0 aliphatic carbocycles. The molecule has 0 spiro atoms. The summed E-state index contributed by atoms with van der Waals surface area (Å²) >= 11 is 0. The van der Waals surface area contributed by atoms with Gasteiger partial charge in [0.25, 0.3) is 5.91 Å². The Bertz CT molecular complexity index is 1460. The van der Waals surface area contributed by atoms with Gasteiger partial charge in [-0.05, 0) is 55.0 Å². The van der Waals surface area contributed by atoms with Gasteiger partial charge in [-0.1, -0.05) is 66.7 Å². The van der Waals surface area contributed by atoms with E-state index in [1.807, 2.05) is 76.0 Å². The molecule has 0 unspecified atom stereocenters. The molecule has 0 N–H and O–H groups in total. The van der Waals surface area contributed by atoms with Crippen LogP contribution in [0.25, 0.3) is 0 Å². The van der Waals surface area contributed by atoms with E-state index in [2.05, 4.69) is 40.2 Å². The van der Waals surface area contributed by atoms with Crippen molar-refractivity contribution in [2.24, 2.45) is 0 Å². The molecule has 1 aliphatic heterocycles. The summed E-state index contributed by atoms with van der Waals surface area (Å²) in [6.45, 7) is 6.99. The van der Waals surface area contributed by atoms with Crippen LogP contribution < -0.4 is 9.64 Å². The molecule has 0 saturated heterocycles. The van der Waals surface area contributed by atoms with Crippen molar-refractivity contribution in [3.05, 3.63) is 114 Å². The molecule has 5 rings (SSSR count). The average Bonchev–Trinajstić information content (AvgIpc) is 3.56. The zero-order valence-electron chi connectivity index (χ0n) is 25.7. The van der Waals surface area contributed by atoms with Crippen LogP contribution in [0.4, 0.5) is 5.69 Å². The number of anilines is 1. The first-order valence-corrected chi connectivity index (χ1v) is 15.6. The van der Waals surface area contributed by atoms with Crippen LogP contribution in [-0.4, -0.2) is 64.0 Å². The Morgan fingerprint density at radius 1 is 0.841 bits per heavy atom. The van der Waals surface area contributed by atoms with Crippen molar-refractivity contribution >= 4 is 17.5 Å². The number of hydrogen-bond acceptors (Lipinski definition) is 5. The number of fused-ring (bicyclic) bond motifs is 1. The fraction of sp³-hybridized carbons (Fsp3) is 0.361. The van der Waals surface area contributed by atoms with Crippen LogP contribution in [0.2, 0.25) is 0 Å². The number of carbonyl (C=O) groups excluding carboxylic acids is 2. The lowest BCUT2D eigenvalue weighted by atomic mass is 10.0. The van der Waals surface area contributed by atoms with Crippen LogP contribution in [0.3, 0.4) is 0 Å². The molecular weight excluding hydrogens is 550 g/mol.